The number of piperidine rings is 1. The normalized spacial score (nSPS) is 40.9. The van der Waals surface area contributed by atoms with Crippen molar-refractivity contribution < 1.29 is 15.0 Å². The zero-order valence-corrected chi connectivity index (χ0v) is 13.3. The Morgan fingerprint density at radius 3 is 2.70 bits per heavy atom. The predicted molar refractivity (Wildman–Crippen MR) is 87.0 cm³/mol. The number of benzene rings is 1. The minimum absolute atomic E-state index is 0.137. The molecule has 122 valence electrons. The van der Waals surface area contributed by atoms with E-state index in [-0.39, 0.29) is 18.6 Å². The van der Waals surface area contributed by atoms with Crippen molar-refractivity contribution >= 4 is 6.29 Å². The molecular weight excluding hydrogens is 290 g/mol. The minimum Gasteiger partial charge on any atom is -0.396 e. The van der Waals surface area contributed by atoms with Crippen molar-refractivity contribution in [2.24, 2.45) is 11.8 Å². The number of nitrogens with zero attached hydrogens (tertiary/aromatic N) is 1. The molecule has 1 aromatic rings. The molecule has 0 amide bonds. The average molecular weight is 313 g/mol. The zero-order valence-electron chi connectivity index (χ0n) is 13.3. The lowest BCUT2D eigenvalue weighted by atomic mass is 9.72. The largest absolute Gasteiger partial charge is 0.396 e. The molecule has 3 heterocycles. The Kier molecular flexibility index (Phi) is 3.45. The van der Waals surface area contributed by atoms with E-state index in [1.807, 2.05) is 24.3 Å². The molecule has 4 aliphatic rings. The molecule has 4 nitrogen and oxygen atoms in total. The summed E-state index contributed by atoms with van der Waals surface area (Å²) in [6, 6.07) is 8.20. The molecule has 2 N–H and O–H groups in total. The molecule has 4 heteroatoms. The lowest BCUT2D eigenvalue weighted by Gasteiger charge is -2.34. The summed E-state index contributed by atoms with van der Waals surface area (Å²) in [6.07, 6.45) is 6.88. The maximum Gasteiger partial charge on any atom is 0.150 e. The van der Waals surface area contributed by atoms with Crippen LogP contribution in [-0.4, -0.2) is 45.8 Å². The fourth-order valence-electron chi connectivity index (χ4n) is 4.96. The maximum absolute atomic E-state index is 11.0. The fourth-order valence-corrected chi connectivity index (χ4v) is 4.96. The van der Waals surface area contributed by atoms with E-state index in [2.05, 4.69) is 24.0 Å². The molecule has 2 saturated heterocycles. The molecule has 1 aromatic carbocycles. The summed E-state index contributed by atoms with van der Waals surface area (Å²) in [4.78, 5) is 13.1. The van der Waals surface area contributed by atoms with Gasteiger partial charge in [-0.05, 0) is 24.3 Å². The topological polar surface area (TPSA) is 60.5 Å². The first-order valence-electron chi connectivity index (χ1n) is 8.48. The standard InChI is InChI=1S/C19H23NO3/c1-12(14-6-4-13(11-22)5-7-14)18-15-8-9-17-19(23,20(17)18)16(15)3-2-10-21/h4-9,11-12,15-18,21,23H,2-3,10H2,1H3. The molecule has 0 spiro atoms. The summed E-state index contributed by atoms with van der Waals surface area (Å²) in [5.74, 6) is 0.838. The zero-order chi connectivity index (χ0) is 16.2. The van der Waals surface area contributed by atoms with Crippen molar-refractivity contribution in [3.63, 3.8) is 0 Å². The van der Waals surface area contributed by atoms with Crippen LogP contribution in [0.25, 0.3) is 0 Å². The summed E-state index contributed by atoms with van der Waals surface area (Å²) >= 11 is 0. The van der Waals surface area contributed by atoms with Crippen LogP contribution in [0, 0.1) is 11.8 Å². The van der Waals surface area contributed by atoms with Gasteiger partial charge < -0.3 is 10.2 Å². The van der Waals surface area contributed by atoms with Crippen molar-refractivity contribution in [2.75, 3.05) is 6.61 Å². The van der Waals surface area contributed by atoms with Crippen LogP contribution in [0.5, 0.6) is 0 Å². The van der Waals surface area contributed by atoms with Crippen LogP contribution in [0.3, 0.4) is 0 Å². The number of aliphatic hydroxyl groups is 2. The van der Waals surface area contributed by atoms with Gasteiger partial charge in [0, 0.05) is 30.0 Å². The first-order chi connectivity index (χ1) is 11.1. The lowest BCUT2D eigenvalue weighted by Crippen LogP contribution is -2.38. The van der Waals surface area contributed by atoms with Crippen molar-refractivity contribution in [3.05, 3.63) is 47.5 Å². The molecule has 7 atom stereocenters. The Labute approximate surface area is 136 Å². The first kappa shape index (κ1) is 15.1. The van der Waals surface area contributed by atoms with E-state index in [1.165, 1.54) is 5.56 Å². The third-order valence-corrected chi connectivity index (χ3v) is 6.11. The second-order valence-electron chi connectivity index (χ2n) is 7.13. The van der Waals surface area contributed by atoms with Crippen LogP contribution in [0.1, 0.15) is 41.6 Å². The Morgan fingerprint density at radius 2 is 2.04 bits per heavy atom. The second-order valence-corrected chi connectivity index (χ2v) is 7.13. The van der Waals surface area contributed by atoms with Gasteiger partial charge in [-0.1, -0.05) is 43.3 Å². The van der Waals surface area contributed by atoms with Crippen LogP contribution in [0.15, 0.2) is 36.4 Å². The van der Waals surface area contributed by atoms with E-state index in [9.17, 15) is 9.90 Å². The Morgan fingerprint density at radius 1 is 1.30 bits per heavy atom. The number of rotatable bonds is 6. The number of carbonyl (C=O) groups excluding carboxylic acids is 1. The second kappa shape index (κ2) is 5.26. The minimum atomic E-state index is -0.698. The molecule has 7 unspecified atom stereocenters. The van der Waals surface area contributed by atoms with E-state index < -0.39 is 5.72 Å². The molecular formula is C19H23NO3. The molecule has 4 bridgehead atoms. The third-order valence-electron chi connectivity index (χ3n) is 6.11. The Balaban J connectivity index is 1.60. The van der Waals surface area contributed by atoms with Gasteiger partial charge in [0.2, 0.25) is 0 Å². The van der Waals surface area contributed by atoms with Crippen LogP contribution in [-0.2, 0) is 0 Å². The first-order valence-corrected chi connectivity index (χ1v) is 8.48. The van der Waals surface area contributed by atoms with Gasteiger partial charge in [-0.25, -0.2) is 0 Å². The highest BCUT2D eigenvalue weighted by atomic mass is 16.3. The van der Waals surface area contributed by atoms with Gasteiger partial charge in [-0.15, -0.1) is 0 Å². The summed E-state index contributed by atoms with van der Waals surface area (Å²) in [6.45, 7) is 2.39. The fraction of sp³-hybridized carbons (Fsp3) is 0.526. The van der Waals surface area contributed by atoms with Crippen molar-refractivity contribution in [1.29, 1.82) is 0 Å². The van der Waals surface area contributed by atoms with Crippen LogP contribution in [0.4, 0.5) is 0 Å². The van der Waals surface area contributed by atoms with Gasteiger partial charge in [0.25, 0.3) is 0 Å². The summed E-state index contributed by atoms with van der Waals surface area (Å²) < 4.78 is 0. The summed E-state index contributed by atoms with van der Waals surface area (Å²) in [5.41, 5.74) is 1.20. The molecule has 5 rings (SSSR count). The van der Waals surface area contributed by atoms with E-state index in [1.54, 1.807) is 0 Å². The predicted octanol–water partition coefficient (Wildman–Crippen LogP) is 1.93. The maximum atomic E-state index is 11.0. The van der Waals surface area contributed by atoms with E-state index >= 15 is 0 Å². The number of carbonyl (C=O) groups is 1. The van der Waals surface area contributed by atoms with E-state index in [4.69, 9.17) is 5.11 Å². The van der Waals surface area contributed by atoms with Crippen molar-refractivity contribution in [2.45, 2.75) is 43.5 Å². The summed E-state index contributed by atoms with van der Waals surface area (Å²) in [5, 5.41) is 20.2. The monoisotopic (exact) mass is 313 g/mol. The molecule has 0 aromatic heterocycles. The van der Waals surface area contributed by atoms with Gasteiger partial charge >= 0.3 is 0 Å². The highest BCUT2D eigenvalue weighted by molar-refractivity contribution is 5.74. The molecule has 23 heavy (non-hydrogen) atoms. The molecule has 0 radical (unpaired) electrons. The Hall–Kier alpha value is -1.49. The van der Waals surface area contributed by atoms with Gasteiger partial charge in [-0.2, -0.15) is 0 Å². The highest BCUT2D eigenvalue weighted by Crippen LogP contribution is 2.64. The molecule has 1 aliphatic carbocycles. The van der Waals surface area contributed by atoms with E-state index in [0.717, 1.165) is 19.1 Å². The van der Waals surface area contributed by atoms with Crippen LogP contribution < -0.4 is 0 Å². The van der Waals surface area contributed by atoms with Gasteiger partial charge in [0.05, 0.1) is 6.04 Å². The van der Waals surface area contributed by atoms with Gasteiger partial charge in [0.15, 0.2) is 0 Å². The SMILES string of the molecule is CC(c1ccc(C=O)cc1)C1C2C=CC3N1C3(O)C2CCCO. The van der Waals surface area contributed by atoms with Crippen LogP contribution >= 0.6 is 0 Å². The average Bonchev–Trinajstić information content (AvgIpc) is 3.15. The number of hydrogen-bond donors (Lipinski definition) is 2. The molecule has 2 fully saturated rings. The van der Waals surface area contributed by atoms with E-state index in [0.29, 0.717) is 23.4 Å². The lowest BCUT2D eigenvalue weighted by molar-refractivity contribution is 0.0453. The number of aliphatic hydroxyl groups excluding tert-OH is 1. The van der Waals surface area contributed by atoms with Crippen LogP contribution in [0.2, 0.25) is 0 Å². The number of aldehydes is 1. The van der Waals surface area contributed by atoms with Crippen molar-refractivity contribution in [1.82, 2.24) is 4.90 Å². The number of hydrogen-bond acceptors (Lipinski definition) is 4. The quantitative estimate of drug-likeness (QED) is 0.479. The third kappa shape index (κ3) is 1.98. The molecule has 0 saturated carbocycles. The summed E-state index contributed by atoms with van der Waals surface area (Å²) in [7, 11) is 0. The highest BCUT2D eigenvalue weighted by Gasteiger charge is 2.76. The van der Waals surface area contributed by atoms with Gasteiger partial charge in [-0.3, -0.25) is 9.69 Å². The van der Waals surface area contributed by atoms with Crippen molar-refractivity contribution in [3.8, 4) is 0 Å². The Bertz CT molecular complexity index is 641. The van der Waals surface area contributed by atoms with Gasteiger partial charge in [0.1, 0.15) is 12.0 Å². The molecule has 3 aliphatic heterocycles. The smallest absolute Gasteiger partial charge is 0.150 e.